The van der Waals surface area contributed by atoms with Gasteiger partial charge in [-0.25, -0.2) is 0 Å². The molecule has 0 aromatic carbocycles. The molecule has 0 unspecified atom stereocenters. The number of azo groups is 1. The first-order chi connectivity index (χ1) is 7.85. The molecule has 0 aromatic rings. The predicted octanol–water partition coefficient (Wildman–Crippen LogP) is 4.12. The van der Waals surface area contributed by atoms with Gasteiger partial charge in [0.15, 0.2) is 5.54 Å². The van der Waals surface area contributed by atoms with Crippen molar-refractivity contribution in [1.29, 1.82) is 5.26 Å². The fourth-order valence-electron chi connectivity index (χ4n) is 2.44. The lowest BCUT2D eigenvalue weighted by Gasteiger charge is -2.25. The minimum Gasteiger partial charge on any atom is -0.196 e. The zero-order valence-electron chi connectivity index (χ0n) is 9.78. The summed E-state index contributed by atoms with van der Waals surface area (Å²) in [6.45, 7) is 0. The normalized spacial score (nSPS) is 25.1. The molecule has 0 saturated heterocycles. The van der Waals surface area contributed by atoms with E-state index in [1.165, 1.54) is 19.3 Å². The minimum atomic E-state index is -0.503. The maximum absolute atomic E-state index is 9.25. The van der Waals surface area contributed by atoms with Crippen LogP contribution in [-0.2, 0) is 0 Å². The highest BCUT2D eigenvalue weighted by Gasteiger charge is 2.32. The molecule has 3 nitrogen and oxygen atoms in total. The molecule has 1 fully saturated rings. The Kier molecular flexibility index (Phi) is 3.71. The van der Waals surface area contributed by atoms with Crippen LogP contribution in [-0.4, -0.2) is 5.54 Å². The average molecular weight is 217 g/mol. The molecule has 0 N–H and O–H groups in total. The van der Waals surface area contributed by atoms with Crippen molar-refractivity contribution in [3.05, 3.63) is 11.8 Å². The molecule has 0 aromatic heterocycles. The van der Waals surface area contributed by atoms with Gasteiger partial charge in [0.25, 0.3) is 0 Å². The second-order valence-electron chi connectivity index (χ2n) is 4.85. The molecule has 0 bridgehead atoms. The predicted molar refractivity (Wildman–Crippen MR) is 62.8 cm³/mol. The van der Waals surface area contributed by atoms with Crippen molar-refractivity contribution < 1.29 is 0 Å². The van der Waals surface area contributed by atoms with Crippen LogP contribution in [0, 0.1) is 11.3 Å². The van der Waals surface area contributed by atoms with Gasteiger partial charge >= 0.3 is 0 Å². The largest absolute Gasteiger partial charge is 0.196 e. The fourth-order valence-corrected chi connectivity index (χ4v) is 2.44. The van der Waals surface area contributed by atoms with E-state index in [-0.39, 0.29) is 0 Å². The topological polar surface area (TPSA) is 48.5 Å². The molecular weight excluding hydrogens is 198 g/mol. The Morgan fingerprint density at radius 3 is 2.56 bits per heavy atom. The number of nitriles is 1. The van der Waals surface area contributed by atoms with Crippen LogP contribution < -0.4 is 0 Å². The van der Waals surface area contributed by atoms with E-state index in [4.69, 9.17) is 0 Å². The summed E-state index contributed by atoms with van der Waals surface area (Å²) in [5.74, 6) is 0. The Morgan fingerprint density at radius 2 is 1.94 bits per heavy atom. The zero-order valence-corrected chi connectivity index (χ0v) is 9.78. The van der Waals surface area contributed by atoms with E-state index >= 15 is 0 Å². The molecule has 1 saturated carbocycles. The van der Waals surface area contributed by atoms with Crippen LogP contribution in [0.2, 0.25) is 0 Å². The summed E-state index contributed by atoms with van der Waals surface area (Å²) < 4.78 is 0. The van der Waals surface area contributed by atoms with Gasteiger partial charge in [0, 0.05) is 0 Å². The van der Waals surface area contributed by atoms with E-state index in [9.17, 15) is 5.26 Å². The number of allylic oxidation sites excluding steroid dienone is 2. The smallest absolute Gasteiger partial charge is 0.167 e. The summed E-state index contributed by atoms with van der Waals surface area (Å²) in [6, 6.07) is 2.37. The lowest BCUT2D eigenvalue weighted by Crippen LogP contribution is -2.26. The lowest BCUT2D eigenvalue weighted by atomic mass is 9.84. The highest BCUT2D eigenvalue weighted by Crippen LogP contribution is 2.32. The maximum Gasteiger partial charge on any atom is 0.167 e. The third-order valence-electron chi connectivity index (χ3n) is 3.53. The second-order valence-corrected chi connectivity index (χ2v) is 4.85. The highest BCUT2D eigenvalue weighted by molar-refractivity contribution is 5.10. The van der Waals surface area contributed by atoms with E-state index in [2.05, 4.69) is 22.4 Å². The van der Waals surface area contributed by atoms with Gasteiger partial charge in [0.2, 0.25) is 0 Å². The molecule has 86 valence electrons. The van der Waals surface area contributed by atoms with E-state index in [0.717, 1.165) is 44.2 Å². The summed E-state index contributed by atoms with van der Waals surface area (Å²) in [6.07, 6.45) is 12.0. The van der Waals surface area contributed by atoms with Crippen LogP contribution in [0.25, 0.3) is 0 Å². The molecular formula is C13H19N3. The molecule has 0 radical (unpaired) electrons. The van der Waals surface area contributed by atoms with Crippen molar-refractivity contribution >= 4 is 0 Å². The Hall–Kier alpha value is -1.17. The highest BCUT2D eigenvalue weighted by atomic mass is 15.2. The molecule has 3 heteroatoms. The Bertz CT molecular complexity index is 330. The molecule has 2 aliphatic rings. The monoisotopic (exact) mass is 217 g/mol. The van der Waals surface area contributed by atoms with Gasteiger partial charge in [-0.3, -0.25) is 0 Å². The van der Waals surface area contributed by atoms with E-state index in [0.29, 0.717) is 0 Å². The van der Waals surface area contributed by atoms with Gasteiger partial charge in [0.05, 0.1) is 11.8 Å². The molecule has 2 rings (SSSR count). The minimum absolute atomic E-state index is 0.503. The summed E-state index contributed by atoms with van der Waals surface area (Å²) in [4.78, 5) is 0. The summed E-state index contributed by atoms with van der Waals surface area (Å²) >= 11 is 0. The molecule has 2 aliphatic carbocycles. The number of nitrogens with zero attached hydrogens (tertiary/aromatic N) is 3. The summed E-state index contributed by atoms with van der Waals surface area (Å²) in [5, 5.41) is 17.9. The van der Waals surface area contributed by atoms with Crippen LogP contribution >= 0.6 is 0 Å². The quantitative estimate of drug-likeness (QED) is 0.642. The first-order valence-electron chi connectivity index (χ1n) is 6.38. The second kappa shape index (κ2) is 5.25. The third kappa shape index (κ3) is 2.69. The van der Waals surface area contributed by atoms with Crippen molar-refractivity contribution in [2.75, 3.05) is 0 Å². The Balaban J connectivity index is 2.03. The van der Waals surface area contributed by atoms with Crippen molar-refractivity contribution in [3.8, 4) is 6.07 Å². The van der Waals surface area contributed by atoms with Crippen LogP contribution in [0.1, 0.15) is 57.8 Å². The van der Waals surface area contributed by atoms with Crippen molar-refractivity contribution in [2.45, 2.75) is 63.3 Å². The van der Waals surface area contributed by atoms with Crippen LogP contribution in [0.5, 0.6) is 0 Å². The molecule has 16 heavy (non-hydrogen) atoms. The van der Waals surface area contributed by atoms with Gasteiger partial charge in [-0.2, -0.15) is 15.5 Å². The Morgan fingerprint density at radius 1 is 1.12 bits per heavy atom. The van der Waals surface area contributed by atoms with Gasteiger partial charge in [-0.1, -0.05) is 12.5 Å². The van der Waals surface area contributed by atoms with Gasteiger partial charge in [-0.05, 0) is 51.4 Å². The van der Waals surface area contributed by atoms with E-state index in [1.807, 2.05) is 0 Å². The van der Waals surface area contributed by atoms with Crippen LogP contribution in [0.15, 0.2) is 22.0 Å². The molecule has 0 aliphatic heterocycles. The number of hydrogen-bond acceptors (Lipinski definition) is 3. The number of hydrogen-bond donors (Lipinski definition) is 0. The van der Waals surface area contributed by atoms with Crippen molar-refractivity contribution in [2.24, 2.45) is 10.2 Å². The third-order valence-corrected chi connectivity index (χ3v) is 3.53. The lowest BCUT2D eigenvalue weighted by molar-refractivity contribution is 0.356. The first kappa shape index (κ1) is 11.3. The van der Waals surface area contributed by atoms with Gasteiger partial charge in [-0.15, -0.1) is 0 Å². The molecule has 0 amide bonds. The molecule has 0 atom stereocenters. The first-order valence-corrected chi connectivity index (χ1v) is 6.38. The van der Waals surface area contributed by atoms with Gasteiger partial charge < -0.3 is 0 Å². The maximum atomic E-state index is 9.25. The van der Waals surface area contributed by atoms with Crippen LogP contribution in [0.3, 0.4) is 0 Å². The summed E-state index contributed by atoms with van der Waals surface area (Å²) in [5.41, 5.74) is 0.586. The van der Waals surface area contributed by atoms with Crippen molar-refractivity contribution in [1.82, 2.24) is 0 Å². The molecule has 0 spiro atoms. The van der Waals surface area contributed by atoms with Gasteiger partial charge in [0.1, 0.15) is 0 Å². The van der Waals surface area contributed by atoms with E-state index in [1.54, 1.807) is 0 Å². The number of rotatable bonds is 2. The fraction of sp³-hybridized carbons (Fsp3) is 0.769. The standard InChI is InChI=1S/C13H19N3/c14-11-13(9-5-2-6-10-13)16-15-12-7-3-1-4-8-12/h7H,1-6,8-10H2/b16-15+. The Labute approximate surface area is 97.3 Å². The SMILES string of the molecule is N#CC1(/N=N/C2=CCCCC2)CCCCC1. The van der Waals surface area contributed by atoms with E-state index < -0.39 is 5.54 Å². The zero-order chi connectivity index (χ0) is 11.3. The van der Waals surface area contributed by atoms with Crippen molar-refractivity contribution in [3.63, 3.8) is 0 Å². The molecule has 0 heterocycles. The average Bonchev–Trinajstić information content (AvgIpc) is 2.39. The summed E-state index contributed by atoms with van der Waals surface area (Å²) in [7, 11) is 0. The van der Waals surface area contributed by atoms with Crippen LogP contribution in [0.4, 0.5) is 0 Å².